The summed E-state index contributed by atoms with van der Waals surface area (Å²) < 4.78 is 4.63. The minimum absolute atomic E-state index is 0.866. The topological polar surface area (TPSA) is 38.9 Å². The van der Waals surface area contributed by atoms with Crippen LogP contribution in [-0.4, -0.2) is 10.3 Å². The number of rotatable bonds is 0. The van der Waals surface area contributed by atoms with E-state index in [1.165, 1.54) is 0 Å². The van der Waals surface area contributed by atoms with Gasteiger partial charge in [-0.3, -0.25) is 0 Å². The molecule has 15 heavy (non-hydrogen) atoms. The molecule has 3 heteroatoms. The molecule has 0 saturated carbocycles. The van der Waals surface area contributed by atoms with Crippen molar-refractivity contribution < 1.29 is 4.63 Å². The van der Waals surface area contributed by atoms with Gasteiger partial charge in [0.25, 0.3) is 0 Å². The lowest BCUT2D eigenvalue weighted by atomic mass is 10.1. The van der Waals surface area contributed by atoms with Crippen LogP contribution in [0.4, 0.5) is 0 Å². The third-order valence-corrected chi connectivity index (χ3v) is 1.82. The summed E-state index contributed by atoms with van der Waals surface area (Å²) in [4.78, 5) is 0. The largest absolute Gasteiger partial charge is 0.243 e. The molecule has 0 saturated heterocycles. The molecule has 0 aliphatic rings. The molecule has 1 aromatic heterocycles. The maximum Gasteiger partial charge on any atom is 0.138 e. The number of hydrogen-bond acceptors (Lipinski definition) is 3. The van der Waals surface area contributed by atoms with Crippen LogP contribution in [-0.2, 0) is 0 Å². The van der Waals surface area contributed by atoms with E-state index in [0.29, 0.717) is 0 Å². The maximum atomic E-state index is 4.63. The first-order chi connectivity index (χ1) is 7.29. The summed E-state index contributed by atoms with van der Waals surface area (Å²) in [7, 11) is 0. The van der Waals surface area contributed by atoms with Crippen LogP contribution < -0.4 is 0 Å². The molecule has 0 amide bonds. The van der Waals surface area contributed by atoms with Crippen molar-refractivity contribution in [2.45, 2.75) is 41.5 Å². The second kappa shape index (κ2) is 6.98. The second-order valence-corrected chi connectivity index (χ2v) is 2.66. The van der Waals surface area contributed by atoms with Crippen molar-refractivity contribution in [3.63, 3.8) is 0 Å². The van der Waals surface area contributed by atoms with Gasteiger partial charge in [0, 0.05) is 0 Å². The van der Waals surface area contributed by atoms with Crippen molar-refractivity contribution in [2.24, 2.45) is 0 Å². The first kappa shape index (κ1) is 13.6. The summed E-state index contributed by atoms with van der Waals surface area (Å²) in [6, 6.07) is 4.03. The third-order valence-electron chi connectivity index (χ3n) is 1.82. The van der Waals surface area contributed by atoms with Crippen LogP contribution in [0.3, 0.4) is 0 Å². The van der Waals surface area contributed by atoms with Crippen LogP contribution >= 0.6 is 0 Å². The molecule has 0 aliphatic heterocycles. The molecule has 0 radical (unpaired) electrons. The lowest BCUT2D eigenvalue weighted by Gasteiger charge is -1.93. The van der Waals surface area contributed by atoms with Crippen molar-refractivity contribution in [2.75, 3.05) is 0 Å². The SMILES string of the molecule is CC.CC.Cc1ccc(C)c2nonc12. The quantitative estimate of drug-likeness (QED) is 0.659. The van der Waals surface area contributed by atoms with E-state index in [2.05, 4.69) is 14.9 Å². The Hall–Kier alpha value is -1.38. The van der Waals surface area contributed by atoms with E-state index in [9.17, 15) is 0 Å². The van der Waals surface area contributed by atoms with Crippen LogP contribution in [0.1, 0.15) is 38.8 Å². The first-order valence-corrected chi connectivity index (χ1v) is 5.47. The van der Waals surface area contributed by atoms with Crippen LogP contribution in [0.5, 0.6) is 0 Å². The van der Waals surface area contributed by atoms with Gasteiger partial charge in [0.15, 0.2) is 0 Å². The molecular formula is C12H20N2O. The standard InChI is InChI=1S/C8H8N2O.2C2H6/c1-5-3-4-6(2)8-7(5)9-11-10-8;2*1-2/h3-4H,1-2H3;2*1-2H3. The molecule has 0 bridgehead atoms. The van der Waals surface area contributed by atoms with E-state index < -0.39 is 0 Å². The van der Waals surface area contributed by atoms with Crippen molar-refractivity contribution in [1.29, 1.82) is 0 Å². The van der Waals surface area contributed by atoms with Gasteiger partial charge in [0.2, 0.25) is 0 Å². The zero-order valence-electron chi connectivity index (χ0n) is 10.5. The first-order valence-electron chi connectivity index (χ1n) is 5.47. The molecule has 0 fully saturated rings. The molecule has 2 rings (SSSR count). The molecule has 0 atom stereocenters. The summed E-state index contributed by atoms with van der Waals surface area (Å²) in [5.74, 6) is 0. The summed E-state index contributed by atoms with van der Waals surface area (Å²) in [5.41, 5.74) is 3.94. The molecule has 3 nitrogen and oxygen atoms in total. The minimum Gasteiger partial charge on any atom is -0.243 e. The van der Waals surface area contributed by atoms with E-state index in [1.807, 2.05) is 53.7 Å². The van der Waals surface area contributed by atoms with Gasteiger partial charge < -0.3 is 0 Å². The van der Waals surface area contributed by atoms with E-state index >= 15 is 0 Å². The Morgan fingerprint density at radius 2 is 1.13 bits per heavy atom. The van der Waals surface area contributed by atoms with Crippen molar-refractivity contribution in [3.05, 3.63) is 23.3 Å². The molecule has 0 unspecified atom stereocenters. The Kier molecular flexibility index (Phi) is 6.34. The van der Waals surface area contributed by atoms with Gasteiger partial charge in [-0.15, -0.1) is 0 Å². The molecule has 84 valence electrons. The van der Waals surface area contributed by atoms with Gasteiger partial charge in [-0.2, -0.15) is 0 Å². The summed E-state index contributed by atoms with van der Waals surface area (Å²) in [6.45, 7) is 12.0. The van der Waals surface area contributed by atoms with Gasteiger partial charge >= 0.3 is 0 Å². The zero-order valence-corrected chi connectivity index (χ0v) is 10.5. The Balaban J connectivity index is 0.000000442. The molecule has 2 aromatic rings. The summed E-state index contributed by atoms with van der Waals surface area (Å²) in [5, 5.41) is 7.59. The normalized spacial score (nSPS) is 8.67. The van der Waals surface area contributed by atoms with Crippen LogP contribution in [0.2, 0.25) is 0 Å². The van der Waals surface area contributed by atoms with Gasteiger partial charge in [-0.25, -0.2) is 4.63 Å². The third kappa shape index (κ3) is 3.05. The van der Waals surface area contributed by atoms with Crippen molar-refractivity contribution in [3.8, 4) is 0 Å². The smallest absolute Gasteiger partial charge is 0.138 e. The molecular weight excluding hydrogens is 188 g/mol. The Bertz CT molecular complexity index is 357. The molecule has 0 spiro atoms. The van der Waals surface area contributed by atoms with Gasteiger partial charge in [0.1, 0.15) is 11.0 Å². The lowest BCUT2D eigenvalue weighted by molar-refractivity contribution is 0.315. The summed E-state index contributed by atoms with van der Waals surface area (Å²) in [6.07, 6.45) is 0. The minimum atomic E-state index is 0.866. The number of nitrogens with zero attached hydrogens (tertiary/aromatic N) is 2. The summed E-state index contributed by atoms with van der Waals surface area (Å²) >= 11 is 0. The average Bonchev–Trinajstić information content (AvgIpc) is 2.79. The predicted molar refractivity (Wildman–Crippen MR) is 64.0 cm³/mol. The second-order valence-electron chi connectivity index (χ2n) is 2.66. The highest BCUT2D eigenvalue weighted by Crippen LogP contribution is 2.17. The number of aromatic nitrogens is 2. The Labute approximate surface area is 91.5 Å². The Morgan fingerprint density at radius 1 is 0.800 bits per heavy atom. The number of benzene rings is 1. The molecule has 0 aliphatic carbocycles. The molecule has 0 N–H and O–H groups in total. The lowest BCUT2D eigenvalue weighted by Crippen LogP contribution is -1.79. The molecule has 1 aromatic carbocycles. The van der Waals surface area contributed by atoms with Crippen LogP contribution in [0.25, 0.3) is 11.0 Å². The van der Waals surface area contributed by atoms with E-state index in [1.54, 1.807) is 0 Å². The highest BCUT2D eigenvalue weighted by atomic mass is 16.6. The van der Waals surface area contributed by atoms with Gasteiger partial charge in [-0.1, -0.05) is 39.8 Å². The molecule has 1 heterocycles. The van der Waals surface area contributed by atoms with Crippen LogP contribution in [0, 0.1) is 13.8 Å². The monoisotopic (exact) mass is 208 g/mol. The highest BCUT2D eigenvalue weighted by Gasteiger charge is 2.04. The number of aryl methyl sites for hydroxylation is 2. The van der Waals surface area contributed by atoms with E-state index in [4.69, 9.17) is 0 Å². The van der Waals surface area contributed by atoms with Gasteiger partial charge in [0.05, 0.1) is 0 Å². The fraction of sp³-hybridized carbons (Fsp3) is 0.500. The number of hydrogen-bond donors (Lipinski definition) is 0. The van der Waals surface area contributed by atoms with Crippen molar-refractivity contribution >= 4 is 11.0 Å². The number of fused-ring (bicyclic) bond motifs is 1. The van der Waals surface area contributed by atoms with Gasteiger partial charge in [-0.05, 0) is 35.3 Å². The Morgan fingerprint density at radius 3 is 1.47 bits per heavy atom. The van der Waals surface area contributed by atoms with E-state index in [-0.39, 0.29) is 0 Å². The fourth-order valence-electron chi connectivity index (χ4n) is 1.11. The maximum absolute atomic E-state index is 4.63. The highest BCUT2D eigenvalue weighted by molar-refractivity contribution is 5.79. The fourth-order valence-corrected chi connectivity index (χ4v) is 1.11. The van der Waals surface area contributed by atoms with Crippen LogP contribution in [0.15, 0.2) is 16.8 Å². The average molecular weight is 208 g/mol. The predicted octanol–water partition coefficient (Wildman–Crippen LogP) is 3.89. The van der Waals surface area contributed by atoms with E-state index in [0.717, 1.165) is 22.2 Å². The zero-order chi connectivity index (χ0) is 11.8. The van der Waals surface area contributed by atoms with Crippen molar-refractivity contribution in [1.82, 2.24) is 10.3 Å².